The molecule has 2 rings (SSSR count). The minimum atomic E-state index is 0.438. The van der Waals surface area contributed by atoms with Gasteiger partial charge in [0.2, 0.25) is 0 Å². The molecular formula is C15H24N2. The van der Waals surface area contributed by atoms with Crippen LogP contribution >= 0.6 is 0 Å². The van der Waals surface area contributed by atoms with E-state index in [0.29, 0.717) is 6.04 Å². The van der Waals surface area contributed by atoms with Crippen LogP contribution in [0.5, 0.6) is 0 Å². The molecule has 2 nitrogen and oxygen atoms in total. The van der Waals surface area contributed by atoms with Gasteiger partial charge < -0.3 is 10.2 Å². The molecule has 1 aromatic rings. The Morgan fingerprint density at radius 1 is 1.00 bits per heavy atom. The van der Waals surface area contributed by atoms with Crippen molar-refractivity contribution in [2.75, 3.05) is 25.0 Å². The van der Waals surface area contributed by atoms with Gasteiger partial charge in [0.1, 0.15) is 0 Å². The molecule has 2 heteroatoms. The standard InChI is InChI=1S/C15H24N2/c1-13(16-2)14-7-9-15(10-8-14)17-11-5-3-4-6-12-17/h7-10,13,16H,3-6,11-12H2,1-2H3. The molecule has 17 heavy (non-hydrogen) atoms. The minimum absolute atomic E-state index is 0.438. The first kappa shape index (κ1) is 12.4. The SMILES string of the molecule is CNC(C)c1ccc(N2CCCCCC2)cc1. The first-order valence-electron chi connectivity index (χ1n) is 6.83. The highest BCUT2D eigenvalue weighted by atomic mass is 15.1. The van der Waals surface area contributed by atoms with E-state index in [9.17, 15) is 0 Å². The highest BCUT2D eigenvalue weighted by Crippen LogP contribution is 2.21. The zero-order valence-electron chi connectivity index (χ0n) is 11.1. The number of hydrogen-bond donors (Lipinski definition) is 1. The summed E-state index contributed by atoms with van der Waals surface area (Å²) in [4.78, 5) is 2.53. The average Bonchev–Trinajstić information content (AvgIpc) is 2.67. The Kier molecular flexibility index (Phi) is 4.43. The van der Waals surface area contributed by atoms with Crippen LogP contribution in [0.2, 0.25) is 0 Å². The molecule has 1 unspecified atom stereocenters. The fraction of sp³-hybridized carbons (Fsp3) is 0.600. The second kappa shape index (κ2) is 6.06. The summed E-state index contributed by atoms with van der Waals surface area (Å²) in [5, 5.41) is 3.28. The zero-order chi connectivity index (χ0) is 12.1. The molecule has 0 aromatic heterocycles. The van der Waals surface area contributed by atoms with E-state index in [2.05, 4.69) is 41.4 Å². The molecule has 0 bridgehead atoms. The van der Waals surface area contributed by atoms with Gasteiger partial charge in [-0.15, -0.1) is 0 Å². The molecule has 1 saturated heterocycles. The number of benzene rings is 1. The van der Waals surface area contributed by atoms with Gasteiger partial charge in [0, 0.05) is 24.8 Å². The second-order valence-electron chi connectivity index (χ2n) is 5.00. The van der Waals surface area contributed by atoms with Gasteiger partial charge in [0.15, 0.2) is 0 Å². The van der Waals surface area contributed by atoms with Crippen LogP contribution in [0.15, 0.2) is 24.3 Å². The van der Waals surface area contributed by atoms with Crippen LogP contribution in [0, 0.1) is 0 Å². The molecule has 0 spiro atoms. The van der Waals surface area contributed by atoms with Crippen molar-refractivity contribution in [2.24, 2.45) is 0 Å². The Bertz CT molecular complexity index is 323. The molecule has 0 amide bonds. The summed E-state index contributed by atoms with van der Waals surface area (Å²) in [6.07, 6.45) is 5.47. The van der Waals surface area contributed by atoms with Gasteiger partial charge in [-0.2, -0.15) is 0 Å². The summed E-state index contributed by atoms with van der Waals surface area (Å²) in [5.74, 6) is 0. The van der Waals surface area contributed by atoms with Crippen molar-refractivity contribution in [1.82, 2.24) is 5.32 Å². The fourth-order valence-electron chi connectivity index (χ4n) is 2.47. The molecule has 1 aliphatic heterocycles. The topological polar surface area (TPSA) is 15.3 Å². The quantitative estimate of drug-likeness (QED) is 0.859. The molecule has 94 valence electrons. The van der Waals surface area contributed by atoms with Crippen molar-refractivity contribution in [1.29, 1.82) is 0 Å². The predicted molar refractivity (Wildman–Crippen MR) is 74.6 cm³/mol. The van der Waals surface area contributed by atoms with E-state index in [0.717, 1.165) is 0 Å². The van der Waals surface area contributed by atoms with Crippen LogP contribution < -0.4 is 10.2 Å². The van der Waals surface area contributed by atoms with E-state index < -0.39 is 0 Å². The molecule has 1 aromatic carbocycles. The summed E-state index contributed by atoms with van der Waals surface area (Å²) in [6, 6.07) is 9.49. The Morgan fingerprint density at radius 3 is 2.12 bits per heavy atom. The van der Waals surface area contributed by atoms with Crippen molar-refractivity contribution in [2.45, 2.75) is 38.6 Å². The Balaban J connectivity index is 2.05. The van der Waals surface area contributed by atoms with Crippen molar-refractivity contribution >= 4 is 5.69 Å². The Hall–Kier alpha value is -1.02. The lowest BCUT2D eigenvalue weighted by Crippen LogP contribution is -2.23. The van der Waals surface area contributed by atoms with Gasteiger partial charge in [0.05, 0.1) is 0 Å². The maximum Gasteiger partial charge on any atom is 0.0366 e. The van der Waals surface area contributed by atoms with E-state index in [1.54, 1.807) is 0 Å². The van der Waals surface area contributed by atoms with Crippen LogP contribution in [0.3, 0.4) is 0 Å². The molecule has 0 saturated carbocycles. The summed E-state index contributed by atoms with van der Waals surface area (Å²) in [6.45, 7) is 4.64. The van der Waals surface area contributed by atoms with E-state index in [-0.39, 0.29) is 0 Å². The van der Waals surface area contributed by atoms with E-state index >= 15 is 0 Å². The lowest BCUT2D eigenvalue weighted by Gasteiger charge is -2.23. The molecule has 1 atom stereocenters. The van der Waals surface area contributed by atoms with Gasteiger partial charge >= 0.3 is 0 Å². The van der Waals surface area contributed by atoms with Crippen LogP contribution in [0.4, 0.5) is 5.69 Å². The van der Waals surface area contributed by atoms with Crippen LogP contribution in [-0.4, -0.2) is 20.1 Å². The number of rotatable bonds is 3. The van der Waals surface area contributed by atoms with E-state index in [4.69, 9.17) is 0 Å². The first-order chi connectivity index (χ1) is 8.31. The van der Waals surface area contributed by atoms with Crippen molar-refractivity contribution < 1.29 is 0 Å². The highest BCUT2D eigenvalue weighted by Gasteiger charge is 2.10. The molecule has 1 heterocycles. The number of anilines is 1. The molecule has 1 N–H and O–H groups in total. The summed E-state index contributed by atoms with van der Waals surface area (Å²) < 4.78 is 0. The van der Waals surface area contributed by atoms with E-state index in [1.165, 1.54) is 50.0 Å². The Labute approximate surface area is 105 Å². The van der Waals surface area contributed by atoms with Crippen LogP contribution in [0.25, 0.3) is 0 Å². The van der Waals surface area contributed by atoms with Gasteiger partial charge in [0.25, 0.3) is 0 Å². The minimum Gasteiger partial charge on any atom is -0.372 e. The third-order valence-corrected chi connectivity index (χ3v) is 3.80. The van der Waals surface area contributed by atoms with Gasteiger partial charge in [-0.25, -0.2) is 0 Å². The zero-order valence-corrected chi connectivity index (χ0v) is 11.1. The summed E-state index contributed by atoms with van der Waals surface area (Å²) >= 11 is 0. The normalized spacial score (nSPS) is 18.8. The summed E-state index contributed by atoms with van der Waals surface area (Å²) in [5.41, 5.74) is 2.75. The molecule has 1 aliphatic rings. The molecule has 0 aliphatic carbocycles. The second-order valence-corrected chi connectivity index (χ2v) is 5.00. The molecule has 1 fully saturated rings. The van der Waals surface area contributed by atoms with Crippen molar-refractivity contribution in [3.8, 4) is 0 Å². The number of nitrogens with one attached hydrogen (secondary N) is 1. The molecule has 0 radical (unpaired) electrons. The fourth-order valence-corrected chi connectivity index (χ4v) is 2.47. The first-order valence-corrected chi connectivity index (χ1v) is 6.83. The largest absolute Gasteiger partial charge is 0.372 e. The molecular weight excluding hydrogens is 208 g/mol. The van der Waals surface area contributed by atoms with Gasteiger partial charge in [-0.1, -0.05) is 25.0 Å². The number of nitrogens with zero attached hydrogens (tertiary/aromatic N) is 1. The maximum absolute atomic E-state index is 3.28. The summed E-state index contributed by atoms with van der Waals surface area (Å²) in [7, 11) is 2.01. The maximum atomic E-state index is 3.28. The Morgan fingerprint density at radius 2 is 1.59 bits per heavy atom. The van der Waals surface area contributed by atoms with Crippen molar-refractivity contribution in [3.05, 3.63) is 29.8 Å². The van der Waals surface area contributed by atoms with Gasteiger partial charge in [-0.3, -0.25) is 0 Å². The monoisotopic (exact) mass is 232 g/mol. The predicted octanol–water partition coefficient (Wildman–Crippen LogP) is 3.35. The van der Waals surface area contributed by atoms with E-state index in [1.807, 2.05) is 7.05 Å². The lowest BCUT2D eigenvalue weighted by atomic mass is 10.1. The third-order valence-electron chi connectivity index (χ3n) is 3.80. The highest BCUT2D eigenvalue weighted by molar-refractivity contribution is 5.48. The lowest BCUT2D eigenvalue weighted by molar-refractivity contribution is 0.652. The smallest absolute Gasteiger partial charge is 0.0366 e. The van der Waals surface area contributed by atoms with Crippen LogP contribution in [0.1, 0.15) is 44.2 Å². The number of hydrogen-bond acceptors (Lipinski definition) is 2. The van der Waals surface area contributed by atoms with Gasteiger partial charge in [-0.05, 0) is 44.5 Å². The van der Waals surface area contributed by atoms with Crippen LogP contribution in [-0.2, 0) is 0 Å². The average molecular weight is 232 g/mol. The van der Waals surface area contributed by atoms with Crippen molar-refractivity contribution in [3.63, 3.8) is 0 Å². The third kappa shape index (κ3) is 3.22.